The van der Waals surface area contributed by atoms with Crippen LogP contribution >= 0.6 is 15.9 Å². The van der Waals surface area contributed by atoms with Crippen LogP contribution in [-0.4, -0.2) is 16.2 Å². The van der Waals surface area contributed by atoms with Gasteiger partial charge in [0.1, 0.15) is 0 Å². The van der Waals surface area contributed by atoms with Crippen molar-refractivity contribution in [2.45, 2.75) is 37.6 Å². The van der Waals surface area contributed by atoms with Crippen LogP contribution in [0, 0.1) is 0 Å². The molecule has 0 spiro atoms. The summed E-state index contributed by atoms with van der Waals surface area (Å²) in [7, 11) is 0. The molecule has 1 saturated carbocycles. The van der Waals surface area contributed by atoms with Crippen molar-refractivity contribution in [3.8, 4) is 11.4 Å². The van der Waals surface area contributed by atoms with E-state index in [4.69, 9.17) is 10.3 Å². The maximum absolute atomic E-state index is 6.14. The maximum atomic E-state index is 6.14. The minimum absolute atomic E-state index is 0.145. The quantitative estimate of drug-likeness (QED) is 0.919. The molecule has 5 heteroatoms. The first-order valence-electron chi connectivity index (χ1n) is 6.59. The first-order valence-corrected chi connectivity index (χ1v) is 7.38. The van der Waals surface area contributed by atoms with Crippen molar-refractivity contribution in [3.63, 3.8) is 0 Å². The smallest absolute Gasteiger partial charge is 0.231 e. The van der Waals surface area contributed by atoms with Crippen molar-refractivity contribution in [1.82, 2.24) is 10.1 Å². The highest BCUT2D eigenvalue weighted by atomic mass is 79.9. The third-order valence-electron chi connectivity index (χ3n) is 3.68. The molecule has 1 aromatic heterocycles. The summed E-state index contributed by atoms with van der Waals surface area (Å²) in [4.78, 5) is 4.51. The van der Waals surface area contributed by atoms with Gasteiger partial charge in [0, 0.05) is 16.1 Å². The Morgan fingerprint density at radius 1 is 1.16 bits per heavy atom. The van der Waals surface area contributed by atoms with Crippen LogP contribution in [0.2, 0.25) is 0 Å². The highest BCUT2D eigenvalue weighted by Crippen LogP contribution is 2.32. The van der Waals surface area contributed by atoms with Gasteiger partial charge in [-0.15, -0.1) is 0 Å². The molecule has 1 aliphatic rings. The minimum Gasteiger partial charge on any atom is -0.339 e. The van der Waals surface area contributed by atoms with Crippen LogP contribution < -0.4 is 5.73 Å². The first-order chi connectivity index (χ1) is 9.24. The fourth-order valence-electron chi connectivity index (χ4n) is 2.57. The lowest BCUT2D eigenvalue weighted by atomic mass is 9.85. The van der Waals surface area contributed by atoms with Gasteiger partial charge in [0.2, 0.25) is 11.7 Å². The van der Waals surface area contributed by atoms with Crippen LogP contribution in [0.5, 0.6) is 0 Å². The summed E-state index contributed by atoms with van der Waals surface area (Å²) in [6.45, 7) is 0. The van der Waals surface area contributed by atoms with Crippen molar-refractivity contribution in [2.75, 3.05) is 0 Å². The van der Waals surface area contributed by atoms with Gasteiger partial charge in [-0.1, -0.05) is 33.9 Å². The summed E-state index contributed by atoms with van der Waals surface area (Å²) in [5, 5.41) is 4.07. The van der Waals surface area contributed by atoms with E-state index < -0.39 is 0 Å². The van der Waals surface area contributed by atoms with E-state index in [0.717, 1.165) is 22.9 Å². The predicted molar refractivity (Wildman–Crippen MR) is 76.6 cm³/mol. The average Bonchev–Trinajstić information content (AvgIpc) is 2.89. The topological polar surface area (TPSA) is 64.9 Å². The van der Waals surface area contributed by atoms with Crippen molar-refractivity contribution in [3.05, 3.63) is 34.6 Å². The summed E-state index contributed by atoms with van der Waals surface area (Å²) in [5.74, 6) is 1.54. The Kier molecular flexibility index (Phi) is 3.66. The second-order valence-corrected chi connectivity index (χ2v) is 5.93. The highest BCUT2D eigenvalue weighted by Gasteiger charge is 2.28. The SMILES string of the molecule is NC1CCCCC1c1nc(-c2ccc(Br)cc2)no1. The molecule has 100 valence electrons. The third kappa shape index (κ3) is 2.72. The minimum atomic E-state index is 0.145. The molecule has 0 bridgehead atoms. The van der Waals surface area contributed by atoms with Gasteiger partial charge in [-0.2, -0.15) is 4.98 Å². The van der Waals surface area contributed by atoms with Gasteiger partial charge in [0.15, 0.2) is 0 Å². The summed E-state index contributed by atoms with van der Waals surface area (Å²) in [6.07, 6.45) is 4.48. The molecule has 1 heterocycles. The Labute approximate surface area is 120 Å². The number of hydrogen-bond acceptors (Lipinski definition) is 4. The second-order valence-electron chi connectivity index (χ2n) is 5.02. The van der Waals surface area contributed by atoms with E-state index in [1.807, 2.05) is 24.3 Å². The largest absolute Gasteiger partial charge is 0.339 e. The molecule has 2 N–H and O–H groups in total. The Morgan fingerprint density at radius 2 is 1.89 bits per heavy atom. The Morgan fingerprint density at radius 3 is 2.63 bits per heavy atom. The van der Waals surface area contributed by atoms with Crippen molar-refractivity contribution < 1.29 is 4.52 Å². The summed E-state index contributed by atoms with van der Waals surface area (Å²) >= 11 is 3.41. The monoisotopic (exact) mass is 321 g/mol. The van der Waals surface area contributed by atoms with Gasteiger partial charge < -0.3 is 10.3 Å². The summed E-state index contributed by atoms with van der Waals surface area (Å²) in [6, 6.07) is 8.03. The molecule has 2 atom stereocenters. The fraction of sp³-hybridized carbons (Fsp3) is 0.429. The molecular weight excluding hydrogens is 306 g/mol. The van der Waals surface area contributed by atoms with Crippen molar-refractivity contribution >= 4 is 15.9 Å². The molecule has 0 saturated heterocycles. The molecule has 4 nitrogen and oxygen atoms in total. The van der Waals surface area contributed by atoms with Crippen LogP contribution in [-0.2, 0) is 0 Å². The van der Waals surface area contributed by atoms with Gasteiger partial charge in [-0.3, -0.25) is 0 Å². The molecule has 1 aromatic carbocycles. The zero-order valence-corrected chi connectivity index (χ0v) is 12.1. The van der Waals surface area contributed by atoms with Gasteiger partial charge in [0.25, 0.3) is 0 Å². The predicted octanol–water partition coefficient (Wildman–Crippen LogP) is 3.48. The normalized spacial score (nSPS) is 23.5. The number of aromatic nitrogens is 2. The van der Waals surface area contributed by atoms with Crippen LogP contribution in [0.25, 0.3) is 11.4 Å². The van der Waals surface area contributed by atoms with E-state index in [1.165, 1.54) is 12.8 Å². The first kappa shape index (κ1) is 12.8. The molecule has 0 aliphatic heterocycles. The molecule has 2 aromatic rings. The van der Waals surface area contributed by atoms with E-state index in [0.29, 0.717) is 11.7 Å². The molecule has 0 amide bonds. The lowest BCUT2D eigenvalue weighted by Crippen LogP contribution is -2.31. The molecule has 19 heavy (non-hydrogen) atoms. The molecule has 1 fully saturated rings. The Bertz CT molecular complexity index is 552. The van der Waals surface area contributed by atoms with Crippen LogP contribution in [0.4, 0.5) is 0 Å². The zero-order valence-electron chi connectivity index (χ0n) is 10.6. The van der Waals surface area contributed by atoms with E-state index in [2.05, 4.69) is 26.1 Å². The molecule has 1 aliphatic carbocycles. The van der Waals surface area contributed by atoms with E-state index in [-0.39, 0.29) is 12.0 Å². The number of benzene rings is 1. The summed E-state index contributed by atoms with van der Waals surface area (Å²) < 4.78 is 6.44. The van der Waals surface area contributed by atoms with Gasteiger partial charge in [-0.25, -0.2) is 0 Å². The summed E-state index contributed by atoms with van der Waals surface area (Å²) in [5.41, 5.74) is 7.11. The average molecular weight is 322 g/mol. The number of hydrogen-bond donors (Lipinski definition) is 1. The fourth-order valence-corrected chi connectivity index (χ4v) is 2.83. The number of rotatable bonds is 2. The third-order valence-corrected chi connectivity index (χ3v) is 4.21. The molecule has 2 unspecified atom stereocenters. The van der Waals surface area contributed by atoms with Crippen molar-refractivity contribution in [1.29, 1.82) is 0 Å². The number of nitrogens with zero attached hydrogens (tertiary/aromatic N) is 2. The van der Waals surface area contributed by atoms with Crippen LogP contribution in [0.15, 0.2) is 33.3 Å². The Balaban J connectivity index is 1.84. The lowest BCUT2D eigenvalue weighted by Gasteiger charge is -2.25. The van der Waals surface area contributed by atoms with Gasteiger partial charge in [-0.05, 0) is 37.1 Å². The zero-order chi connectivity index (χ0) is 13.2. The number of nitrogens with two attached hydrogens (primary N) is 1. The molecule has 0 radical (unpaired) electrons. The highest BCUT2D eigenvalue weighted by molar-refractivity contribution is 9.10. The molecule has 3 rings (SSSR count). The second kappa shape index (κ2) is 5.43. The van der Waals surface area contributed by atoms with Crippen LogP contribution in [0.3, 0.4) is 0 Å². The van der Waals surface area contributed by atoms with Gasteiger partial charge in [0.05, 0.1) is 5.92 Å². The van der Waals surface area contributed by atoms with Crippen molar-refractivity contribution in [2.24, 2.45) is 5.73 Å². The maximum Gasteiger partial charge on any atom is 0.231 e. The standard InChI is InChI=1S/C14H16BrN3O/c15-10-7-5-9(6-8-10)13-17-14(19-18-13)11-3-1-2-4-12(11)16/h5-8,11-12H,1-4,16H2. The number of halogens is 1. The molecular formula is C14H16BrN3O. The van der Waals surface area contributed by atoms with E-state index in [1.54, 1.807) is 0 Å². The van der Waals surface area contributed by atoms with E-state index >= 15 is 0 Å². The van der Waals surface area contributed by atoms with E-state index in [9.17, 15) is 0 Å². The Hall–Kier alpha value is -1.20. The lowest BCUT2D eigenvalue weighted by molar-refractivity contribution is 0.290. The van der Waals surface area contributed by atoms with Gasteiger partial charge >= 0.3 is 0 Å². The van der Waals surface area contributed by atoms with Crippen LogP contribution in [0.1, 0.15) is 37.5 Å².